The van der Waals surface area contributed by atoms with E-state index in [0.29, 0.717) is 23.2 Å². The molecule has 4 rings (SSSR count). The van der Waals surface area contributed by atoms with Gasteiger partial charge in [-0.15, -0.1) is 21.5 Å². The number of thiophene rings is 1. The van der Waals surface area contributed by atoms with Crippen molar-refractivity contribution < 1.29 is 9.53 Å². The zero-order valence-electron chi connectivity index (χ0n) is 14.8. The molecule has 7 nitrogen and oxygen atoms in total. The number of rotatable bonds is 5. The molecule has 1 saturated heterocycles. The van der Waals surface area contributed by atoms with Gasteiger partial charge in [-0.1, -0.05) is 24.3 Å². The third kappa shape index (κ3) is 4.00. The summed E-state index contributed by atoms with van der Waals surface area (Å²) < 4.78 is 5.47. The fraction of sp³-hybridized carbons (Fsp3) is 0.333. The van der Waals surface area contributed by atoms with Gasteiger partial charge in [0.25, 0.3) is 5.91 Å². The lowest BCUT2D eigenvalue weighted by atomic mass is 10.2. The van der Waals surface area contributed by atoms with Crippen molar-refractivity contribution in [3.8, 4) is 11.3 Å². The summed E-state index contributed by atoms with van der Waals surface area (Å²) >= 11 is 2.88. The van der Waals surface area contributed by atoms with E-state index < -0.39 is 0 Å². The molecule has 0 bridgehead atoms. The number of hydrogen-bond acceptors (Lipinski definition) is 8. The Morgan fingerprint density at radius 3 is 2.81 bits per heavy atom. The molecule has 1 N–H and O–H groups in total. The number of carbonyl (C=O) groups excluding carboxylic acids is 1. The van der Waals surface area contributed by atoms with Gasteiger partial charge in [0, 0.05) is 24.8 Å². The van der Waals surface area contributed by atoms with Crippen molar-refractivity contribution in [1.29, 1.82) is 0 Å². The summed E-state index contributed by atoms with van der Waals surface area (Å²) in [6.07, 6.45) is 2.57. The van der Waals surface area contributed by atoms with Crippen molar-refractivity contribution in [3.63, 3.8) is 0 Å². The van der Waals surface area contributed by atoms with Crippen LogP contribution in [-0.4, -0.2) is 47.4 Å². The quantitative estimate of drug-likeness (QED) is 0.706. The maximum atomic E-state index is 12.8. The topological polar surface area (TPSA) is 80.2 Å². The first kappa shape index (κ1) is 18.0. The number of aryl methyl sites for hydroxylation is 1. The first-order chi connectivity index (χ1) is 13.2. The number of aromatic nitrogens is 3. The molecule has 4 heterocycles. The number of nitrogens with zero attached hydrogens (tertiary/aromatic N) is 4. The van der Waals surface area contributed by atoms with Crippen LogP contribution in [0.3, 0.4) is 0 Å². The van der Waals surface area contributed by atoms with Crippen LogP contribution in [0.5, 0.6) is 0 Å². The average molecular weight is 402 g/mol. The number of pyridine rings is 1. The van der Waals surface area contributed by atoms with Gasteiger partial charge in [0.05, 0.1) is 23.8 Å². The SMILES string of the molecule is CCc1nnc(NC(=O)c2cc(-c3ccccn3)c(N3CCOCC3)s2)s1. The molecular formula is C18H19N5O2S2. The zero-order valence-corrected chi connectivity index (χ0v) is 16.5. The van der Waals surface area contributed by atoms with E-state index in [4.69, 9.17) is 4.74 Å². The lowest BCUT2D eigenvalue weighted by molar-refractivity contribution is 0.103. The van der Waals surface area contributed by atoms with E-state index in [-0.39, 0.29) is 5.91 Å². The molecule has 0 atom stereocenters. The number of morpholine rings is 1. The van der Waals surface area contributed by atoms with E-state index >= 15 is 0 Å². The fourth-order valence-corrected chi connectivity index (χ4v) is 4.59. The zero-order chi connectivity index (χ0) is 18.6. The Morgan fingerprint density at radius 2 is 2.11 bits per heavy atom. The van der Waals surface area contributed by atoms with Crippen molar-refractivity contribution in [2.45, 2.75) is 13.3 Å². The van der Waals surface area contributed by atoms with E-state index in [9.17, 15) is 4.79 Å². The van der Waals surface area contributed by atoms with Crippen molar-refractivity contribution in [2.75, 3.05) is 36.5 Å². The minimum Gasteiger partial charge on any atom is -0.378 e. The van der Waals surface area contributed by atoms with Crippen LogP contribution < -0.4 is 10.2 Å². The molecule has 1 amide bonds. The van der Waals surface area contributed by atoms with Gasteiger partial charge >= 0.3 is 0 Å². The van der Waals surface area contributed by atoms with Crippen molar-refractivity contribution in [1.82, 2.24) is 15.2 Å². The molecule has 1 aliphatic rings. The van der Waals surface area contributed by atoms with Gasteiger partial charge < -0.3 is 9.64 Å². The number of carbonyl (C=O) groups is 1. The van der Waals surface area contributed by atoms with E-state index in [0.717, 1.165) is 40.8 Å². The number of ether oxygens (including phenoxy) is 1. The maximum Gasteiger partial charge on any atom is 0.267 e. The van der Waals surface area contributed by atoms with E-state index in [1.54, 1.807) is 6.20 Å². The Kier molecular flexibility index (Phi) is 5.42. The molecule has 9 heteroatoms. The predicted molar refractivity (Wildman–Crippen MR) is 108 cm³/mol. The Hall–Kier alpha value is -2.36. The summed E-state index contributed by atoms with van der Waals surface area (Å²) in [4.78, 5) is 20.1. The van der Waals surface area contributed by atoms with Crippen LogP contribution in [0.25, 0.3) is 11.3 Å². The van der Waals surface area contributed by atoms with Gasteiger partial charge in [-0.25, -0.2) is 0 Å². The Balaban J connectivity index is 1.64. The second kappa shape index (κ2) is 8.12. The van der Waals surface area contributed by atoms with Crippen LogP contribution in [0.15, 0.2) is 30.5 Å². The van der Waals surface area contributed by atoms with E-state index in [1.807, 2.05) is 31.2 Å². The number of amides is 1. The van der Waals surface area contributed by atoms with Crippen molar-refractivity contribution in [2.24, 2.45) is 0 Å². The highest BCUT2D eigenvalue weighted by atomic mass is 32.1. The van der Waals surface area contributed by atoms with Crippen LogP contribution in [-0.2, 0) is 11.2 Å². The monoisotopic (exact) mass is 401 g/mol. The molecule has 0 saturated carbocycles. The Labute approximate surface area is 165 Å². The number of anilines is 2. The van der Waals surface area contributed by atoms with Crippen LogP contribution in [0.2, 0.25) is 0 Å². The molecule has 1 aliphatic heterocycles. The van der Waals surface area contributed by atoms with Gasteiger partial charge in [0.15, 0.2) is 0 Å². The van der Waals surface area contributed by atoms with E-state index in [1.165, 1.54) is 22.7 Å². The van der Waals surface area contributed by atoms with Crippen LogP contribution in [0, 0.1) is 0 Å². The molecule has 0 aliphatic carbocycles. The maximum absolute atomic E-state index is 12.8. The molecule has 3 aromatic heterocycles. The minimum atomic E-state index is -0.171. The summed E-state index contributed by atoms with van der Waals surface area (Å²) in [5, 5.41) is 13.4. The van der Waals surface area contributed by atoms with Crippen LogP contribution in [0.1, 0.15) is 21.6 Å². The molecular weight excluding hydrogens is 382 g/mol. The number of nitrogens with one attached hydrogen (secondary N) is 1. The lowest BCUT2D eigenvalue weighted by Crippen LogP contribution is -2.35. The number of hydrogen-bond donors (Lipinski definition) is 1. The normalized spacial score (nSPS) is 14.3. The highest BCUT2D eigenvalue weighted by Crippen LogP contribution is 2.39. The largest absolute Gasteiger partial charge is 0.378 e. The lowest BCUT2D eigenvalue weighted by Gasteiger charge is -2.28. The smallest absolute Gasteiger partial charge is 0.267 e. The van der Waals surface area contributed by atoms with Crippen molar-refractivity contribution in [3.05, 3.63) is 40.3 Å². The third-order valence-electron chi connectivity index (χ3n) is 4.17. The fourth-order valence-electron chi connectivity index (χ4n) is 2.81. The highest BCUT2D eigenvalue weighted by molar-refractivity contribution is 7.19. The molecule has 0 unspecified atom stereocenters. The van der Waals surface area contributed by atoms with Gasteiger partial charge in [-0.3, -0.25) is 15.1 Å². The Morgan fingerprint density at radius 1 is 1.26 bits per heavy atom. The molecule has 0 spiro atoms. The van der Waals surface area contributed by atoms with Crippen molar-refractivity contribution >= 4 is 38.7 Å². The third-order valence-corrected chi connectivity index (χ3v) is 6.34. The minimum absolute atomic E-state index is 0.171. The molecule has 0 radical (unpaired) electrons. The van der Waals surface area contributed by atoms with Gasteiger partial charge in [-0.2, -0.15) is 0 Å². The second-order valence-corrected chi connectivity index (χ2v) is 8.05. The molecule has 3 aromatic rings. The van der Waals surface area contributed by atoms with Crippen LogP contribution in [0.4, 0.5) is 10.1 Å². The average Bonchev–Trinajstić information content (AvgIpc) is 3.36. The summed E-state index contributed by atoms with van der Waals surface area (Å²) in [5.74, 6) is -0.171. The highest BCUT2D eigenvalue weighted by Gasteiger charge is 2.23. The predicted octanol–water partition coefficient (Wildman–Crippen LogP) is 3.31. The van der Waals surface area contributed by atoms with E-state index in [2.05, 4.69) is 25.4 Å². The first-order valence-electron chi connectivity index (χ1n) is 8.76. The molecule has 1 fully saturated rings. The summed E-state index contributed by atoms with van der Waals surface area (Å²) in [7, 11) is 0. The standard InChI is InChI=1S/C18H19N5O2S2/c1-2-15-21-22-18(27-15)20-16(24)14-11-12(13-5-3-4-6-19-13)17(26-14)23-7-9-25-10-8-23/h3-6,11H,2,7-10H2,1H3,(H,20,22,24). The van der Waals surface area contributed by atoms with Crippen LogP contribution >= 0.6 is 22.7 Å². The van der Waals surface area contributed by atoms with Gasteiger partial charge in [0.2, 0.25) is 5.13 Å². The second-order valence-electron chi connectivity index (χ2n) is 5.95. The summed E-state index contributed by atoms with van der Waals surface area (Å²) in [6, 6.07) is 7.72. The molecule has 140 valence electrons. The summed E-state index contributed by atoms with van der Waals surface area (Å²) in [6.45, 7) is 4.99. The molecule has 0 aromatic carbocycles. The first-order valence-corrected chi connectivity index (χ1v) is 10.4. The van der Waals surface area contributed by atoms with Gasteiger partial charge in [0.1, 0.15) is 10.0 Å². The Bertz CT molecular complexity index is 919. The summed E-state index contributed by atoms with van der Waals surface area (Å²) in [5.41, 5.74) is 1.83. The molecule has 27 heavy (non-hydrogen) atoms. The van der Waals surface area contributed by atoms with Gasteiger partial charge in [-0.05, 0) is 24.6 Å².